The molecule has 0 amide bonds. The summed E-state index contributed by atoms with van der Waals surface area (Å²) in [6, 6.07) is 7.35. The number of benzene rings is 1. The third-order valence-corrected chi connectivity index (χ3v) is 2.76. The average molecular weight is 274 g/mol. The van der Waals surface area contributed by atoms with E-state index in [2.05, 4.69) is 15.9 Å². The van der Waals surface area contributed by atoms with Crippen LogP contribution in [0.4, 0.5) is 0 Å². The van der Waals surface area contributed by atoms with E-state index in [1.54, 1.807) is 6.07 Å². The summed E-state index contributed by atoms with van der Waals surface area (Å²) in [5.41, 5.74) is 7.17. The van der Waals surface area contributed by atoms with Crippen molar-refractivity contribution >= 4 is 15.9 Å². The number of hydrogen-bond acceptors (Lipinski definition) is 3. The number of nitrogens with two attached hydrogens (primary N) is 1. The van der Waals surface area contributed by atoms with Crippen LogP contribution in [0.2, 0.25) is 0 Å². The minimum Gasteiger partial charge on any atom is -0.390 e. The molecule has 84 valence electrons. The van der Waals surface area contributed by atoms with Gasteiger partial charge < -0.3 is 15.9 Å². The van der Waals surface area contributed by atoms with Crippen molar-refractivity contribution in [1.82, 2.24) is 0 Å². The lowest BCUT2D eigenvalue weighted by Gasteiger charge is -2.17. The van der Waals surface area contributed by atoms with Gasteiger partial charge in [-0.15, -0.1) is 0 Å². The fourth-order valence-electron chi connectivity index (χ4n) is 1.40. The highest BCUT2D eigenvalue weighted by Crippen LogP contribution is 2.20. The Kier molecular flexibility index (Phi) is 5.25. The van der Waals surface area contributed by atoms with Crippen molar-refractivity contribution in [2.75, 3.05) is 5.33 Å². The second-order valence-corrected chi connectivity index (χ2v) is 4.23. The highest BCUT2D eigenvalue weighted by atomic mass is 79.9. The fourth-order valence-corrected chi connectivity index (χ4v) is 1.86. The molecule has 2 atom stereocenters. The molecule has 0 aromatic heterocycles. The zero-order valence-corrected chi connectivity index (χ0v) is 10.0. The van der Waals surface area contributed by atoms with Crippen LogP contribution in [0.3, 0.4) is 0 Å². The van der Waals surface area contributed by atoms with Crippen molar-refractivity contribution in [2.45, 2.75) is 25.2 Å². The Bertz CT molecular complexity index is 306. The largest absolute Gasteiger partial charge is 0.390 e. The van der Waals surface area contributed by atoms with Gasteiger partial charge >= 0.3 is 0 Å². The van der Waals surface area contributed by atoms with Gasteiger partial charge in [0.05, 0.1) is 6.10 Å². The molecule has 0 aliphatic carbocycles. The van der Waals surface area contributed by atoms with E-state index in [1.165, 1.54) is 0 Å². The minimum absolute atomic E-state index is 0.440. The highest BCUT2D eigenvalue weighted by molar-refractivity contribution is 9.09. The smallest absolute Gasteiger partial charge is 0.105 e. The number of aliphatic hydroxyl groups excluding tert-OH is 2. The molecule has 0 bridgehead atoms. The summed E-state index contributed by atoms with van der Waals surface area (Å²) in [6.07, 6.45) is -1.06. The van der Waals surface area contributed by atoms with Gasteiger partial charge in [0.15, 0.2) is 0 Å². The highest BCUT2D eigenvalue weighted by Gasteiger charge is 2.17. The SMILES string of the molecule is NCc1cccc(C(O)C(O)CCBr)c1. The summed E-state index contributed by atoms with van der Waals surface area (Å²) in [5, 5.41) is 20.1. The molecule has 4 N–H and O–H groups in total. The lowest BCUT2D eigenvalue weighted by atomic mass is 10.0. The second kappa shape index (κ2) is 6.23. The quantitative estimate of drug-likeness (QED) is 0.709. The molecule has 2 unspecified atom stereocenters. The Morgan fingerprint density at radius 3 is 2.67 bits per heavy atom. The Morgan fingerprint density at radius 1 is 1.33 bits per heavy atom. The first-order valence-electron chi connectivity index (χ1n) is 4.90. The van der Waals surface area contributed by atoms with Gasteiger partial charge in [-0.2, -0.15) is 0 Å². The van der Waals surface area contributed by atoms with Crippen molar-refractivity contribution in [3.8, 4) is 0 Å². The van der Waals surface area contributed by atoms with Crippen LogP contribution in [0, 0.1) is 0 Å². The molecule has 0 saturated carbocycles. The Hall–Kier alpha value is -0.420. The molecule has 0 saturated heterocycles. The molecule has 0 heterocycles. The Balaban J connectivity index is 2.76. The normalized spacial score (nSPS) is 14.9. The zero-order valence-electron chi connectivity index (χ0n) is 8.44. The summed E-state index contributed by atoms with van der Waals surface area (Å²) < 4.78 is 0. The third kappa shape index (κ3) is 3.57. The van der Waals surface area contributed by atoms with Gasteiger partial charge in [0.25, 0.3) is 0 Å². The molecule has 1 rings (SSSR count). The lowest BCUT2D eigenvalue weighted by molar-refractivity contribution is 0.0173. The lowest BCUT2D eigenvalue weighted by Crippen LogP contribution is -2.18. The summed E-state index contributed by atoms with van der Waals surface area (Å²) in [4.78, 5) is 0. The standard InChI is InChI=1S/C11H16BrNO2/c12-5-4-10(14)11(15)9-3-1-2-8(6-9)7-13/h1-3,6,10-11,14-15H,4-5,7,13H2. The maximum Gasteiger partial charge on any atom is 0.105 e. The van der Waals surface area contributed by atoms with Crippen LogP contribution in [0.25, 0.3) is 0 Å². The predicted octanol–water partition coefficient (Wildman–Crippen LogP) is 1.32. The molecule has 15 heavy (non-hydrogen) atoms. The summed E-state index contributed by atoms with van der Waals surface area (Å²) in [7, 11) is 0. The van der Waals surface area contributed by atoms with Gasteiger partial charge in [-0.1, -0.05) is 40.2 Å². The molecular formula is C11H16BrNO2. The van der Waals surface area contributed by atoms with E-state index < -0.39 is 12.2 Å². The van der Waals surface area contributed by atoms with Gasteiger partial charge in [-0.25, -0.2) is 0 Å². The van der Waals surface area contributed by atoms with Gasteiger partial charge in [-0.3, -0.25) is 0 Å². The molecule has 3 nitrogen and oxygen atoms in total. The van der Waals surface area contributed by atoms with E-state index in [4.69, 9.17) is 5.73 Å². The number of aliphatic hydroxyl groups is 2. The van der Waals surface area contributed by atoms with E-state index in [0.29, 0.717) is 23.9 Å². The second-order valence-electron chi connectivity index (χ2n) is 3.44. The predicted molar refractivity (Wildman–Crippen MR) is 63.7 cm³/mol. The molecule has 0 aliphatic rings. The first-order chi connectivity index (χ1) is 7.19. The Morgan fingerprint density at radius 2 is 2.07 bits per heavy atom. The molecule has 1 aromatic carbocycles. The molecular weight excluding hydrogens is 258 g/mol. The Labute approximate surface area is 98.1 Å². The van der Waals surface area contributed by atoms with Crippen LogP contribution >= 0.6 is 15.9 Å². The number of rotatable bonds is 5. The zero-order chi connectivity index (χ0) is 11.3. The topological polar surface area (TPSA) is 66.5 Å². The van der Waals surface area contributed by atoms with Crippen LogP contribution < -0.4 is 5.73 Å². The van der Waals surface area contributed by atoms with Crippen molar-refractivity contribution in [3.63, 3.8) is 0 Å². The van der Waals surface area contributed by atoms with Crippen molar-refractivity contribution in [3.05, 3.63) is 35.4 Å². The van der Waals surface area contributed by atoms with Gasteiger partial charge in [0.2, 0.25) is 0 Å². The molecule has 0 radical (unpaired) electrons. The van der Waals surface area contributed by atoms with Crippen molar-refractivity contribution in [2.24, 2.45) is 5.73 Å². The van der Waals surface area contributed by atoms with Gasteiger partial charge in [0, 0.05) is 11.9 Å². The third-order valence-electron chi connectivity index (χ3n) is 2.30. The number of hydrogen-bond donors (Lipinski definition) is 3. The van der Waals surface area contributed by atoms with E-state index in [0.717, 1.165) is 5.56 Å². The molecule has 4 heteroatoms. The van der Waals surface area contributed by atoms with Gasteiger partial charge in [-0.05, 0) is 17.5 Å². The van der Waals surface area contributed by atoms with Crippen molar-refractivity contribution < 1.29 is 10.2 Å². The van der Waals surface area contributed by atoms with Crippen LogP contribution in [0.15, 0.2) is 24.3 Å². The van der Waals surface area contributed by atoms with Gasteiger partial charge in [0.1, 0.15) is 6.10 Å². The monoisotopic (exact) mass is 273 g/mol. The van der Waals surface area contributed by atoms with Crippen LogP contribution in [0.1, 0.15) is 23.7 Å². The number of halogens is 1. The van der Waals surface area contributed by atoms with Crippen LogP contribution in [-0.2, 0) is 6.54 Å². The van der Waals surface area contributed by atoms with Crippen LogP contribution in [0.5, 0.6) is 0 Å². The maximum atomic E-state index is 9.83. The molecule has 1 aromatic rings. The summed E-state index contributed by atoms with van der Waals surface area (Å²) in [5.74, 6) is 0. The number of alkyl halides is 1. The molecule has 0 spiro atoms. The maximum absolute atomic E-state index is 9.83. The minimum atomic E-state index is -0.839. The summed E-state index contributed by atoms with van der Waals surface area (Å²) in [6.45, 7) is 0.440. The van der Waals surface area contributed by atoms with Crippen molar-refractivity contribution in [1.29, 1.82) is 0 Å². The van der Waals surface area contributed by atoms with E-state index in [-0.39, 0.29) is 0 Å². The van der Waals surface area contributed by atoms with E-state index in [1.807, 2.05) is 18.2 Å². The first-order valence-corrected chi connectivity index (χ1v) is 6.02. The summed E-state index contributed by atoms with van der Waals surface area (Å²) >= 11 is 3.23. The fraction of sp³-hybridized carbons (Fsp3) is 0.455. The molecule has 0 aliphatic heterocycles. The average Bonchev–Trinajstić information content (AvgIpc) is 2.28. The van der Waals surface area contributed by atoms with E-state index in [9.17, 15) is 10.2 Å². The van der Waals surface area contributed by atoms with E-state index >= 15 is 0 Å². The molecule has 0 fully saturated rings. The first kappa shape index (κ1) is 12.6. The van der Waals surface area contributed by atoms with Crippen LogP contribution in [-0.4, -0.2) is 21.6 Å².